The molecule has 0 aliphatic heterocycles. The van der Waals surface area contributed by atoms with Gasteiger partial charge >= 0.3 is 7.82 Å². The van der Waals surface area contributed by atoms with Gasteiger partial charge in [-0.2, -0.15) is 0 Å². The first kappa shape index (κ1) is 27.4. The Kier molecular flexibility index (Phi) is 14.5. The first-order valence-electron chi connectivity index (χ1n) is 5.65. The maximum Gasteiger partial charge on any atom is 0.475 e. The van der Waals surface area contributed by atoms with Crippen LogP contribution in [0.2, 0.25) is 0 Å². The van der Waals surface area contributed by atoms with Crippen LogP contribution in [0.25, 0.3) is 0 Å². The van der Waals surface area contributed by atoms with Crippen LogP contribution < -0.4 is 0 Å². The quantitative estimate of drug-likeness (QED) is 0.148. The summed E-state index contributed by atoms with van der Waals surface area (Å²) in [7, 11) is -3.79. The first-order valence-corrected chi connectivity index (χ1v) is 15.2. The Bertz CT molecular complexity index is 349. The zero-order valence-electron chi connectivity index (χ0n) is 11.2. The standard InChI is InChI=1S/C9H12Br9O4P/c10-1-7(13,14)4-20-23(19,21-5-8(15,16)2-11)22-6-9(17,18)3-12/h1-6H2. The van der Waals surface area contributed by atoms with Crippen molar-refractivity contribution < 1.29 is 18.1 Å². The van der Waals surface area contributed by atoms with Gasteiger partial charge in [-0.1, -0.05) is 143 Å². The van der Waals surface area contributed by atoms with Gasteiger partial charge in [0.05, 0.1) is 19.8 Å². The van der Waals surface area contributed by atoms with Crippen LogP contribution in [0.5, 0.6) is 0 Å². The van der Waals surface area contributed by atoms with Crippen LogP contribution in [0, 0.1) is 0 Å². The molecular formula is C9H12Br9O4P. The lowest BCUT2D eigenvalue weighted by atomic mass is 10.5. The topological polar surface area (TPSA) is 44.8 Å². The van der Waals surface area contributed by atoms with E-state index in [0.29, 0.717) is 16.0 Å². The lowest BCUT2D eigenvalue weighted by molar-refractivity contribution is 0.114. The summed E-state index contributed by atoms with van der Waals surface area (Å²) < 4.78 is 27.4. The van der Waals surface area contributed by atoms with E-state index in [2.05, 4.69) is 143 Å². The van der Waals surface area contributed by atoms with Crippen LogP contribution in [0.1, 0.15) is 0 Å². The number of halogens is 9. The lowest BCUT2D eigenvalue weighted by Gasteiger charge is -2.27. The average Bonchev–Trinajstić information content (AvgIpc) is 2.50. The molecule has 0 aliphatic carbocycles. The summed E-state index contributed by atoms with van der Waals surface area (Å²) in [6.07, 6.45) is 0. The maximum absolute atomic E-state index is 12.9. The minimum Gasteiger partial charge on any atom is -0.284 e. The summed E-state index contributed by atoms with van der Waals surface area (Å²) in [6.45, 7) is 0.188. The van der Waals surface area contributed by atoms with E-state index in [0.717, 1.165) is 0 Å². The maximum atomic E-state index is 12.9. The second-order valence-corrected chi connectivity index (χ2v) is 19.9. The molecule has 23 heavy (non-hydrogen) atoms. The van der Waals surface area contributed by atoms with E-state index in [-0.39, 0.29) is 19.8 Å². The van der Waals surface area contributed by atoms with E-state index in [1.807, 2.05) is 0 Å². The van der Waals surface area contributed by atoms with Crippen molar-refractivity contribution in [2.75, 3.05) is 35.8 Å². The van der Waals surface area contributed by atoms with E-state index in [1.54, 1.807) is 0 Å². The van der Waals surface area contributed by atoms with Crippen LogP contribution in [0.3, 0.4) is 0 Å². The van der Waals surface area contributed by atoms with Crippen LogP contribution in [0.4, 0.5) is 0 Å². The van der Waals surface area contributed by atoms with Gasteiger partial charge in [0.15, 0.2) is 0 Å². The number of alkyl halides is 9. The molecule has 0 atom stereocenters. The fourth-order valence-electron chi connectivity index (χ4n) is 0.748. The minimum absolute atomic E-state index is 0.0628. The van der Waals surface area contributed by atoms with E-state index in [4.69, 9.17) is 13.6 Å². The average molecular weight is 934 g/mol. The molecule has 0 unspecified atom stereocenters. The third-order valence-electron chi connectivity index (χ3n) is 1.89. The monoisotopic (exact) mass is 925 g/mol. The highest BCUT2D eigenvalue weighted by atomic mass is 79.9. The van der Waals surface area contributed by atoms with E-state index in [9.17, 15) is 4.57 Å². The highest BCUT2D eigenvalue weighted by Crippen LogP contribution is 2.54. The minimum atomic E-state index is -3.79. The van der Waals surface area contributed by atoms with Crippen molar-refractivity contribution in [1.82, 2.24) is 0 Å². The van der Waals surface area contributed by atoms with Crippen LogP contribution in [0.15, 0.2) is 0 Å². The van der Waals surface area contributed by atoms with Crippen molar-refractivity contribution in [2.24, 2.45) is 0 Å². The van der Waals surface area contributed by atoms with Crippen molar-refractivity contribution in [1.29, 1.82) is 0 Å². The van der Waals surface area contributed by atoms with Crippen molar-refractivity contribution in [3.8, 4) is 0 Å². The zero-order valence-corrected chi connectivity index (χ0v) is 26.4. The summed E-state index contributed by atoms with van der Waals surface area (Å²) in [5.74, 6) is 0. The number of hydrogen-bond acceptors (Lipinski definition) is 4. The van der Waals surface area contributed by atoms with Crippen molar-refractivity contribution in [3.63, 3.8) is 0 Å². The van der Waals surface area contributed by atoms with Gasteiger partial charge < -0.3 is 0 Å². The Labute approximate surface area is 211 Å². The van der Waals surface area contributed by atoms with Gasteiger partial charge in [-0.15, -0.1) is 0 Å². The van der Waals surface area contributed by atoms with Gasteiger partial charge in [0.2, 0.25) is 0 Å². The Balaban J connectivity index is 4.93. The number of hydrogen-bond donors (Lipinski definition) is 0. The summed E-state index contributed by atoms with van der Waals surface area (Å²) in [5.41, 5.74) is 0. The predicted molar refractivity (Wildman–Crippen MR) is 129 cm³/mol. The fraction of sp³-hybridized carbons (Fsp3) is 1.00. The van der Waals surface area contributed by atoms with Gasteiger partial charge in [0, 0.05) is 16.0 Å². The molecular weight excluding hydrogens is 922 g/mol. The molecule has 0 aliphatic rings. The molecule has 0 N–H and O–H groups in total. The number of phosphoric ester groups is 1. The molecule has 0 radical (unpaired) electrons. The number of phosphoric acid groups is 1. The molecule has 14 heteroatoms. The number of rotatable bonds is 12. The van der Waals surface area contributed by atoms with Gasteiger partial charge in [-0.25, -0.2) is 4.57 Å². The molecule has 0 heterocycles. The third-order valence-corrected chi connectivity index (χ3v) is 13.7. The molecule has 0 saturated heterocycles. The molecule has 0 bridgehead atoms. The van der Waals surface area contributed by atoms with Crippen molar-refractivity contribution in [2.45, 2.75) is 9.70 Å². The Morgan fingerprint density at radius 1 is 0.609 bits per heavy atom. The Morgan fingerprint density at radius 2 is 0.826 bits per heavy atom. The van der Waals surface area contributed by atoms with E-state index >= 15 is 0 Å². The van der Waals surface area contributed by atoms with Crippen LogP contribution in [-0.2, 0) is 18.1 Å². The second kappa shape index (κ2) is 12.2. The van der Waals surface area contributed by atoms with Crippen LogP contribution in [-0.4, -0.2) is 45.5 Å². The molecule has 0 rings (SSSR count). The van der Waals surface area contributed by atoms with Gasteiger partial charge in [0.1, 0.15) is 9.70 Å². The molecule has 0 spiro atoms. The lowest BCUT2D eigenvalue weighted by Crippen LogP contribution is -2.26. The third kappa shape index (κ3) is 13.3. The highest BCUT2D eigenvalue weighted by Gasteiger charge is 2.37. The Morgan fingerprint density at radius 3 is 1.00 bits per heavy atom. The van der Waals surface area contributed by atoms with Crippen LogP contribution >= 0.6 is 151 Å². The smallest absolute Gasteiger partial charge is 0.284 e. The molecule has 0 saturated carbocycles. The summed E-state index contributed by atoms with van der Waals surface area (Å²) >= 11 is 30.4. The van der Waals surface area contributed by atoms with Gasteiger partial charge in [-0.3, -0.25) is 13.6 Å². The summed E-state index contributed by atoms with van der Waals surface area (Å²) in [5, 5.41) is 1.60. The SMILES string of the molecule is O=P(OCC(Br)(Br)CBr)(OCC(Br)(Br)CBr)OCC(Br)(Br)CBr. The molecule has 0 amide bonds. The first-order chi connectivity index (χ1) is 10.3. The van der Waals surface area contributed by atoms with Crippen molar-refractivity contribution in [3.05, 3.63) is 0 Å². The van der Waals surface area contributed by atoms with Gasteiger partial charge in [0.25, 0.3) is 0 Å². The molecule has 0 aromatic carbocycles. The highest BCUT2D eigenvalue weighted by molar-refractivity contribution is 9.26. The van der Waals surface area contributed by atoms with E-state index < -0.39 is 17.5 Å². The van der Waals surface area contributed by atoms with Crippen molar-refractivity contribution >= 4 is 151 Å². The molecule has 4 nitrogen and oxygen atoms in total. The Hall–Kier alpha value is 4.43. The zero-order chi connectivity index (χ0) is 18.4. The molecule has 140 valence electrons. The summed E-state index contributed by atoms with van der Waals surface area (Å²) in [4.78, 5) is 0. The molecule has 0 fully saturated rings. The molecule has 0 aromatic rings. The second-order valence-electron chi connectivity index (χ2n) is 4.24. The molecule has 0 aromatic heterocycles. The predicted octanol–water partition coefficient (Wildman–Crippen LogP) is 7.79. The fourth-order valence-corrected chi connectivity index (χ4v) is 4.34. The van der Waals surface area contributed by atoms with Gasteiger partial charge in [-0.05, 0) is 0 Å². The normalized spacial score (nSPS) is 14.3. The summed E-state index contributed by atoms with van der Waals surface area (Å²) in [6, 6.07) is 0. The largest absolute Gasteiger partial charge is 0.475 e. The van der Waals surface area contributed by atoms with E-state index in [1.165, 1.54) is 0 Å².